The van der Waals surface area contributed by atoms with Gasteiger partial charge in [-0.25, -0.2) is 0 Å². The number of fused-ring (bicyclic) bond motifs is 4. The van der Waals surface area contributed by atoms with Crippen LogP contribution >= 0.6 is 0 Å². The zero-order valence-corrected chi connectivity index (χ0v) is 17.3. The Morgan fingerprint density at radius 2 is 1.71 bits per heavy atom. The molecule has 1 spiro atoms. The van der Waals surface area contributed by atoms with Gasteiger partial charge in [-0.05, 0) is 103 Å². The lowest BCUT2D eigenvalue weighted by molar-refractivity contribution is -0.282. The molecule has 0 nitrogen and oxygen atoms in total. The molecule has 4 saturated carbocycles. The average molecular weight is 331 g/mol. The molecule has 0 aromatic carbocycles. The van der Waals surface area contributed by atoms with Gasteiger partial charge in [0.05, 0.1) is 0 Å². The van der Waals surface area contributed by atoms with Crippen LogP contribution in [0.15, 0.2) is 0 Å². The van der Waals surface area contributed by atoms with Crippen LogP contribution in [-0.4, -0.2) is 0 Å². The van der Waals surface area contributed by atoms with Crippen molar-refractivity contribution < 1.29 is 0 Å². The van der Waals surface area contributed by atoms with E-state index in [1.54, 1.807) is 32.1 Å². The Morgan fingerprint density at radius 1 is 0.958 bits per heavy atom. The molecular weight excluding hydrogens is 288 g/mol. The highest BCUT2D eigenvalue weighted by Gasteiger charge is 2.71. The molecule has 0 saturated heterocycles. The van der Waals surface area contributed by atoms with E-state index in [0.29, 0.717) is 5.41 Å². The first kappa shape index (κ1) is 17.4. The van der Waals surface area contributed by atoms with Crippen LogP contribution < -0.4 is 0 Å². The maximum Gasteiger partial charge on any atom is -0.0202 e. The first-order chi connectivity index (χ1) is 11.2. The predicted molar refractivity (Wildman–Crippen MR) is 104 cm³/mol. The van der Waals surface area contributed by atoms with E-state index in [4.69, 9.17) is 0 Å². The van der Waals surface area contributed by atoms with Crippen LogP contribution in [0, 0.1) is 58.2 Å². The van der Waals surface area contributed by atoms with Gasteiger partial charge in [0.2, 0.25) is 0 Å². The minimum absolute atomic E-state index is 0.527. The van der Waals surface area contributed by atoms with Gasteiger partial charge >= 0.3 is 0 Å². The van der Waals surface area contributed by atoms with Gasteiger partial charge in [-0.1, -0.05) is 48.0 Å². The lowest BCUT2D eigenvalue weighted by atomic mass is 9.28. The summed E-state index contributed by atoms with van der Waals surface area (Å²) in [6.45, 7) is 15.0. The van der Waals surface area contributed by atoms with Crippen LogP contribution in [0.3, 0.4) is 0 Å². The second-order valence-corrected chi connectivity index (χ2v) is 12.0. The predicted octanol–water partition coefficient (Wildman–Crippen LogP) is 7.18. The fourth-order valence-electron chi connectivity index (χ4n) is 8.27. The van der Waals surface area contributed by atoms with Gasteiger partial charge in [-0.2, -0.15) is 0 Å². The van der Waals surface area contributed by atoms with Crippen LogP contribution in [0.2, 0.25) is 0 Å². The van der Waals surface area contributed by atoms with Crippen molar-refractivity contribution in [1.82, 2.24) is 0 Å². The van der Waals surface area contributed by atoms with Crippen molar-refractivity contribution >= 4 is 0 Å². The van der Waals surface area contributed by atoms with Gasteiger partial charge in [-0.15, -0.1) is 0 Å². The smallest absolute Gasteiger partial charge is 0.0202 e. The Labute approximate surface area is 151 Å². The lowest BCUT2D eigenvalue weighted by Gasteiger charge is -2.76. The van der Waals surface area contributed by atoms with E-state index >= 15 is 0 Å². The Kier molecular flexibility index (Phi) is 4.17. The standard InChI is InChI=1S/C24H42/c1-15(2)11-21-19-9-8-18(23(4,5)6)13-22(19)24(21)14-17-12-16(3)7-10-20(17)24/h15-22H,7-14H2,1-6H3. The van der Waals surface area contributed by atoms with Crippen LogP contribution in [0.1, 0.15) is 92.9 Å². The van der Waals surface area contributed by atoms with E-state index in [1.165, 1.54) is 19.3 Å². The quantitative estimate of drug-likeness (QED) is 0.503. The summed E-state index contributed by atoms with van der Waals surface area (Å²) in [5.74, 6) is 8.43. The van der Waals surface area contributed by atoms with Crippen molar-refractivity contribution in [3.05, 3.63) is 0 Å². The van der Waals surface area contributed by atoms with Crippen molar-refractivity contribution in [2.45, 2.75) is 92.9 Å². The molecule has 4 aliphatic carbocycles. The van der Waals surface area contributed by atoms with Crippen molar-refractivity contribution in [1.29, 1.82) is 0 Å². The first-order valence-corrected chi connectivity index (χ1v) is 11.2. The van der Waals surface area contributed by atoms with E-state index in [0.717, 1.165) is 52.8 Å². The molecule has 0 aromatic rings. The van der Waals surface area contributed by atoms with Crippen LogP contribution in [0.5, 0.6) is 0 Å². The summed E-state index contributed by atoms with van der Waals surface area (Å²) >= 11 is 0. The fraction of sp³-hybridized carbons (Fsp3) is 1.00. The van der Waals surface area contributed by atoms with E-state index < -0.39 is 0 Å². The van der Waals surface area contributed by atoms with Gasteiger partial charge < -0.3 is 0 Å². The zero-order valence-electron chi connectivity index (χ0n) is 17.3. The molecule has 0 N–H and O–H groups in total. The lowest BCUT2D eigenvalue weighted by Crippen LogP contribution is -2.70. The van der Waals surface area contributed by atoms with Crippen molar-refractivity contribution in [2.24, 2.45) is 58.2 Å². The molecular formula is C24H42. The average Bonchev–Trinajstić information content (AvgIpc) is 2.46. The molecule has 0 heterocycles. The summed E-state index contributed by atoms with van der Waals surface area (Å²) in [4.78, 5) is 0. The van der Waals surface area contributed by atoms with Crippen molar-refractivity contribution in [2.75, 3.05) is 0 Å². The van der Waals surface area contributed by atoms with Crippen LogP contribution in [0.25, 0.3) is 0 Å². The third kappa shape index (κ3) is 2.44. The molecule has 0 bridgehead atoms. The van der Waals surface area contributed by atoms with Gasteiger partial charge in [0.25, 0.3) is 0 Å². The van der Waals surface area contributed by atoms with Crippen LogP contribution in [0.4, 0.5) is 0 Å². The maximum atomic E-state index is 2.51. The molecule has 138 valence electrons. The highest BCUT2D eigenvalue weighted by Crippen LogP contribution is 2.78. The SMILES string of the molecule is CC(C)CC1C2CCC(C(C)(C)C)CC2C12CC1CC(C)CCC12. The van der Waals surface area contributed by atoms with E-state index in [9.17, 15) is 0 Å². The van der Waals surface area contributed by atoms with E-state index in [-0.39, 0.29) is 0 Å². The number of rotatable bonds is 2. The van der Waals surface area contributed by atoms with E-state index in [1.807, 2.05) is 0 Å². The molecule has 0 aromatic heterocycles. The number of hydrogen-bond donors (Lipinski definition) is 0. The Hall–Kier alpha value is 0. The summed E-state index contributed by atoms with van der Waals surface area (Å²) in [6, 6.07) is 0. The van der Waals surface area contributed by atoms with Crippen LogP contribution in [-0.2, 0) is 0 Å². The third-order valence-electron chi connectivity index (χ3n) is 9.30. The monoisotopic (exact) mass is 330 g/mol. The largest absolute Gasteiger partial charge is 0.0628 e. The Balaban J connectivity index is 1.56. The van der Waals surface area contributed by atoms with E-state index in [2.05, 4.69) is 41.5 Å². The Morgan fingerprint density at radius 3 is 2.33 bits per heavy atom. The highest BCUT2D eigenvalue weighted by atomic mass is 14.8. The molecule has 0 heteroatoms. The molecule has 8 atom stereocenters. The summed E-state index contributed by atoms with van der Waals surface area (Å²) in [7, 11) is 0. The molecule has 8 unspecified atom stereocenters. The zero-order chi connectivity index (χ0) is 17.3. The number of hydrogen-bond acceptors (Lipinski definition) is 0. The molecule has 4 aliphatic rings. The molecule has 4 rings (SSSR count). The van der Waals surface area contributed by atoms with Gasteiger partial charge in [0, 0.05) is 0 Å². The fourth-order valence-corrected chi connectivity index (χ4v) is 8.27. The van der Waals surface area contributed by atoms with Crippen molar-refractivity contribution in [3.8, 4) is 0 Å². The molecule has 0 radical (unpaired) electrons. The second kappa shape index (κ2) is 5.75. The van der Waals surface area contributed by atoms with Gasteiger partial charge in [0.1, 0.15) is 0 Å². The summed E-state index contributed by atoms with van der Waals surface area (Å²) in [5, 5.41) is 0. The Bertz CT molecular complexity index is 469. The molecule has 4 fully saturated rings. The van der Waals surface area contributed by atoms with Gasteiger partial charge in [-0.3, -0.25) is 0 Å². The summed E-state index contributed by atoms with van der Waals surface area (Å²) in [6.07, 6.45) is 12.4. The molecule has 24 heavy (non-hydrogen) atoms. The summed E-state index contributed by atoms with van der Waals surface area (Å²) < 4.78 is 0. The topological polar surface area (TPSA) is 0 Å². The normalized spacial score (nSPS) is 50.9. The minimum Gasteiger partial charge on any atom is -0.0628 e. The third-order valence-corrected chi connectivity index (χ3v) is 9.30. The highest BCUT2D eigenvalue weighted by molar-refractivity contribution is 5.19. The summed E-state index contributed by atoms with van der Waals surface area (Å²) in [5.41, 5.74) is 1.34. The van der Waals surface area contributed by atoms with Crippen molar-refractivity contribution in [3.63, 3.8) is 0 Å². The first-order valence-electron chi connectivity index (χ1n) is 11.2. The maximum absolute atomic E-state index is 2.51. The molecule has 0 amide bonds. The second-order valence-electron chi connectivity index (χ2n) is 12.0. The molecule has 0 aliphatic heterocycles. The minimum atomic E-state index is 0.527. The van der Waals surface area contributed by atoms with Gasteiger partial charge in [0.15, 0.2) is 0 Å².